The maximum Gasteiger partial charge on any atom is 0.237 e. The van der Waals surface area contributed by atoms with Gasteiger partial charge in [-0.25, -0.2) is 8.42 Å². The van der Waals surface area contributed by atoms with Crippen LogP contribution in [0.4, 0.5) is 5.69 Å². The topological polar surface area (TPSA) is 105 Å². The first-order valence-electron chi connectivity index (χ1n) is 5.63. The van der Waals surface area contributed by atoms with Crippen molar-refractivity contribution in [1.82, 2.24) is 0 Å². The van der Waals surface area contributed by atoms with Gasteiger partial charge >= 0.3 is 0 Å². The number of nitrogens with one attached hydrogen (secondary N) is 2. The molecule has 0 atom stereocenters. The van der Waals surface area contributed by atoms with Crippen LogP contribution in [0.3, 0.4) is 0 Å². The molecule has 0 aliphatic rings. The number of hydrogen-bond donors (Lipinski definition) is 3. The molecule has 0 aliphatic heterocycles. The van der Waals surface area contributed by atoms with Gasteiger partial charge in [-0.3, -0.25) is 10.1 Å². The third-order valence-corrected chi connectivity index (χ3v) is 4.66. The zero-order valence-corrected chi connectivity index (χ0v) is 12.3. The molecule has 1 aromatic carbocycles. The van der Waals surface area contributed by atoms with Gasteiger partial charge in [-0.05, 0) is 39.0 Å². The van der Waals surface area contributed by atoms with E-state index in [4.69, 9.17) is 15.9 Å². The Morgan fingerprint density at radius 2 is 1.95 bits per heavy atom. The molecule has 0 radical (unpaired) electrons. The highest BCUT2D eigenvalue weighted by Gasteiger charge is 2.29. The van der Waals surface area contributed by atoms with Crippen molar-refractivity contribution in [2.24, 2.45) is 5.73 Å². The molecule has 0 saturated carbocycles. The third-order valence-electron chi connectivity index (χ3n) is 2.56. The largest absolute Gasteiger partial charge is 0.495 e. The molecule has 0 heterocycles. The van der Waals surface area contributed by atoms with Gasteiger partial charge in [0.15, 0.2) is 0 Å². The maximum absolute atomic E-state index is 12.1. The molecular weight excluding hydrogens is 266 g/mol. The molecule has 0 aromatic heterocycles. The Morgan fingerprint density at radius 1 is 1.37 bits per heavy atom. The lowest BCUT2D eigenvalue weighted by atomic mass is 10.2. The van der Waals surface area contributed by atoms with Gasteiger partial charge in [-0.15, -0.1) is 0 Å². The molecule has 1 rings (SSSR count). The van der Waals surface area contributed by atoms with E-state index in [1.54, 1.807) is 26.8 Å². The minimum atomic E-state index is -3.53. The van der Waals surface area contributed by atoms with Crippen LogP contribution in [0.2, 0.25) is 0 Å². The highest BCUT2D eigenvalue weighted by Crippen LogP contribution is 2.28. The molecule has 0 bridgehead atoms. The van der Waals surface area contributed by atoms with Crippen molar-refractivity contribution >= 4 is 21.5 Å². The van der Waals surface area contributed by atoms with Gasteiger partial charge in [-0.1, -0.05) is 0 Å². The summed E-state index contributed by atoms with van der Waals surface area (Å²) in [6.07, 6.45) is 0. The van der Waals surface area contributed by atoms with Crippen LogP contribution in [0.25, 0.3) is 0 Å². The van der Waals surface area contributed by atoms with Gasteiger partial charge in [0, 0.05) is 5.56 Å². The first kappa shape index (κ1) is 15.3. The Balaban J connectivity index is 3.20. The molecule has 1 aromatic rings. The number of hydrogen-bond acceptors (Lipinski definition) is 4. The van der Waals surface area contributed by atoms with Crippen molar-refractivity contribution in [2.75, 3.05) is 11.8 Å². The van der Waals surface area contributed by atoms with Crippen LogP contribution in [0, 0.1) is 5.41 Å². The van der Waals surface area contributed by atoms with Crippen LogP contribution in [0.1, 0.15) is 26.3 Å². The monoisotopic (exact) mass is 285 g/mol. The summed E-state index contributed by atoms with van der Waals surface area (Å²) in [6.45, 7) is 4.81. The molecule has 19 heavy (non-hydrogen) atoms. The third kappa shape index (κ3) is 3.37. The van der Waals surface area contributed by atoms with E-state index in [0.717, 1.165) is 0 Å². The number of sulfonamides is 1. The van der Waals surface area contributed by atoms with E-state index in [1.165, 1.54) is 19.2 Å². The van der Waals surface area contributed by atoms with Crippen molar-refractivity contribution < 1.29 is 13.2 Å². The summed E-state index contributed by atoms with van der Waals surface area (Å²) in [6, 6.07) is 4.60. The highest BCUT2D eigenvalue weighted by atomic mass is 32.2. The van der Waals surface area contributed by atoms with E-state index >= 15 is 0 Å². The second-order valence-electron chi connectivity index (χ2n) is 5.05. The van der Waals surface area contributed by atoms with Gasteiger partial charge in [0.05, 0.1) is 17.5 Å². The van der Waals surface area contributed by atoms with E-state index in [0.29, 0.717) is 17.0 Å². The predicted molar refractivity (Wildman–Crippen MR) is 76.3 cm³/mol. The summed E-state index contributed by atoms with van der Waals surface area (Å²) in [5.74, 6) is 0.212. The minimum absolute atomic E-state index is 0.108. The smallest absolute Gasteiger partial charge is 0.237 e. The molecule has 0 unspecified atom stereocenters. The summed E-state index contributed by atoms with van der Waals surface area (Å²) >= 11 is 0. The Kier molecular flexibility index (Phi) is 4.09. The second-order valence-corrected chi connectivity index (χ2v) is 7.48. The van der Waals surface area contributed by atoms with E-state index in [9.17, 15) is 8.42 Å². The van der Waals surface area contributed by atoms with Crippen LogP contribution < -0.4 is 15.2 Å². The number of nitrogen functional groups attached to an aromatic ring is 1. The van der Waals surface area contributed by atoms with Crippen LogP contribution >= 0.6 is 0 Å². The molecule has 0 fully saturated rings. The van der Waals surface area contributed by atoms with Crippen LogP contribution in [-0.4, -0.2) is 26.1 Å². The fourth-order valence-electron chi connectivity index (χ4n) is 1.24. The Morgan fingerprint density at radius 3 is 2.37 bits per heavy atom. The van der Waals surface area contributed by atoms with Crippen LogP contribution in [-0.2, 0) is 10.0 Å². The lowest BCUT2D eigenvalue weighted by Crippen LogP contribution is -2.33. The summed E-state index contributed by atoms with van der Waals surface area (Å²) in [7, 11) is -2.11. The summed E-state index contributed by atoms with van der Waals surface area (Å²) in [5, 5.41) is 7.34. The zero-order valence-electron chi connectivity index (χ0n) is 11.4. The SMILES string of the molecule is COc1cc(C(=N)N)ccc1NS(=O)(=O)C(C)(C)C. The lowest BCUT2D eigenvalue weighted by molar-refractivity contribution is 0.416. The van der Waals surface area contributed by atoms with E-state index < -0.39 is 14.8 Å². The van der Waals surface area contributed by atoms with Crippen LogP contribution in [0.5, 0.6) is 5.75 Å². The summed E-state index contributed by atoms with van der Waals surface area (Å²) in [5.41, 5.74) is 6.16. The average Bonchev–Trinajstić information content (AvgIpc) is 2.27. The molecule has 0 aliphatic carbocycles. The lowest BCUT2D eigenvalue weighted by Gasteiger charge is -2.21. The van der Waals surface area contributed by atoms with E-state index in [-0.39, 0.29) is 5.84 Å². The predicted octanol–water partition coefficient (Wildman–Crippen LogP) is 1.52. The number of anilines is 1. The van der Waals surface area contributed by atoms with Crippen molar-refractivity contribution in [3.05, 3.63) is 23.8 Å². The zero-order chi connectivity index (χ0) is 14.8. The number of nitrogens with two attached hydrogens (primary N) is 1. The molecule has 7 heteroatoms. The standard InChI is InChI=1S/C12H19N3O3S/c1-12(2,3)19(16,17)15-9-6-5-8(11(13)14)7-10(9)18-4/h5-7,15H,1-4H3,(H3,13,14). The van der Waals surface area contributed by atoms with E-state index in [2.05, 4.69) is 4.72 Å². The Bertz CT molecular complexity index is 589. The average molecular weight is 285 g/mol. The second kappa shape index (κ2) is 5.08. The van der Waals surface area contributed by atoms with E-state index in [1.807, 2.05) is 0 Å². The van der Waals surface area contributed by atoms with Crippen molar-refractivity contribution in [3.8, 4) is 5.75 Å². The molecule has 0 spiro atoms. The van der Waals surface area contributed by atoms with Crippen LogP contribution in [0.15, 0.2) is 18.2 Å². The number of methoxy groups -OCH3 is 1. The minimum Gasteiger partial charge on any atom is -0.495 e. The van der Waals surface area contributed by atoms with Crippen molar-refractivity contribution in [1.29, 1.82) is 5.41 Å². The summed E-state index contributed by atoms with van der Waals surface area (Å²) < 4.78 is 30.8. The van der Waals surface area contributed by atoms with Gasteiger partial charge < -0.3 is 10.5 Å². The Labute approximate surface area is 113 Å². The quantitative estimate of drug-likeness (QED) is 0.576. The molecule has 6 nitrogen and oxygen atoms in total. The van der Waals surface area contributed by atoms with Gasteiger partial charge in [0.2, 0.25) is 10.0 Å². The van der Waals surface area contributed by atoms with Gasteiger partial charge in [-0.2, -0.15) is 0 Å². The fourth-order valence-corrected chi connectivity index (χ4v) is 2.01. The molecule has 106 valence electrons. The van der Waals surface area contributed by atoms with Gasteiger partial charge in [0.1, 0.15) is 11.6 Å². The van der Waals surface area contributed by atoms with Gasteiger partial charge in [0.25, 0.3) is 0 Å². The normalized spacial score (nSPS) is 12.0. The fraction of sp³-hybridized carbons (Fsp3) is 0.417. The first-order chi connectivity index (χ1) is 8.58. The highest BCUT2D eigenvalue weighted by molar-refractivity contribution is 7.94. The van der Waals surface area contributed by atoms with Crippen molar-refractivity contribution in [2.45, 2.75) is 25.5 Å². The molecule has 4 N–H and O–H groups in total. The maximum atomic E-state index is 12.1. The molecule has 0 amide bonds. The van der Waals surface area contributed by atoms with Crippen molar-refractivity contribution in [3.63, 3.8) is 0 Å². The first-order valence-corrected chi connectivity index (χ1v) is 7.11. The molecule has 0 saturated heterocycles. The molecular formula is C12H19N3O3S. The number of rotatable bonds is 4. The number of amidine groups is 1. The number of benzene rings is 1. The summed E-state index contributed by atoms with van der Waals surface area (Å²) in [4.78, 5) is 0. The number of ether oxygens (including phenoxy) is 1. The Hall–Kier alpha value is -1.76.